The first-order valence-electron chi connectivity index (χ1n) is 20.1. The molecule has 300 valence electrons. The maximum Gasteiger partial charge on any atom is 0.270 e. The van der Waals surface area contributed by atoms with E-state index in [2.05, 4.69) is 30.0 Å². The number of rotatable bonds is 9. The lowest BCUT2D eigenvalue weighted by Crippen LogP contribution is -2.55. The maximum atomic E-state index is 13.5. The second kappa shape index (κ2) is 15.0. The molecular weight excluding hydrogens is 741 g/mol. The fourth-order valence-corrected chi connectivity index (χ4v) is 9.05. The number of amides is 6. The third-order valence-corrected chi connectivity index (χ3v) is 12.2. The Morgan fingerprint density at radius 2 is 1.60 bits per heavy atom. The molecule has 3 saturated heterocycles. The molecule has 0 bridgehead atoms. The largest absolute Gasteiger partial charge is 0.371 e. The Balaban J connectivity index is 0.762. The highest BCUT2D eigenvalue weighted by Crippen LogP contribution is 2.36. The number of carbonyl (C=O) groups excluding carboxylic acids is 6. The molecule has 0 radical (unpaired) electrons. The van der Waals surface area contributed by atoms with E-state index < -0.39 is 29.7 Å². The van der Waals surface area contributed by atoms with Gasteiger partial charge in [0.25, 0.3) is 23.6 Å². The van der Waals surface area contributed by atoms with Crippen molar-refractivity contribution in [2.24, 2.45) is 5.92 Å². The second-order valence-corrected chi connectivity index (χ2v) is 16.3. The number of benzene rings is 2. The van der Waals surface area contributed by atoms with Crippen LogP contribution in [0.2, 0.25) is 0 Å². The molecule has 2 N–H and O–H groups in total. The molecule has 5 aliphatic rings. The zero-order chi connectivity index (χ0) is 40.2. The standard InChI is InChI=1S/C42H46N10O6/c1-47(2)41(58)34-19-27-21-43-42(46-36(27)51(34)29-5-3-4-6-29)44-28-9-7-26(8-10-28)38(55)49-17-15-48(16-18-49)22-25-23-50(24-25)30-11-12-31-32(20-30)40(57)52(39(31)56)33-13-14-35(53)45-37(33)54/h7-12,19-21,25,29,33H,3-6,13-18,22-24H2,1-2H3,(H,43,44,46)(H,45,53,54). The summed E-state index contributed by atoms with van der Waals surface area (Å²) in [6.07, 6.45) is 6.24. The van der Waals surface area contributed by atoms with Gasteiger partial charge < -0.3 is 24.6 Å². The summed E-state index contributed by atoms with van der Waals surface area (Å²) in [4.78, 5) is 95.3. The van der Waals surface area contributed by atoms with Crippen molar-refractivity contribution in [3.05, 3.63) is 77.1 Å². The summed E-state index contributed by atoms with van der Waals surface area (Å²) < 4.78 is 2.09. The average molecular weight is 787 g/mol. The number of hydrogen-bond acceptors (Lipinski definition) is 11. The van der Waals surface area contributed by atoms with Crippen molar-refractivity contribution in [3.8, 4) is 0 Å². The van der Waals surface area contributed by atoms with Crippen LogP contribution in [0, 0.1) is 5.92 Å². The number of nitrogens with one attached hydrogen (secondary N) is 2. The van der Waals surface area contributed by atoms with E-state index in [1.807, 2.05) is 41.3 Å². The van der Waals surface area contributed by atoms with Gasteiger partial charge in [-0.05, 0) is 67.8 Å². The first kappa shape index (κ1) is 37.4. The Morgan fingerprint density at radius 3 is 2.31 bits per heavy atom. The Bertz CT molecular complexity index is 2340. The monoisotopic (exact) mass is 786 g/mol. The van der Waals surface area contributed by atoms with Gasteiger partial charge in [-0.3, -0.25) is 43.9 Å². The van der Waals surface area contributed by atoms with E-state index >= 15 is 0 Å². The van der Waals surface area contributed by atoms with Crippen molar-refractivity contribution >= 4 is 63.8 Å². The molecule has 16 nitrogen and oxygen atoms in total. The topological polar surface area (TPSA) is 173 Å². The van der Waals surface area contributed by atoms with Gasteiger partial charge in [-0.15, -0.1) is 0 Å². The SMILES string of the molecule is CN(C)C(=O)c1cc2cnc(Nc3ccc(C(=O)N4CCN(CC5CN(c6ccc7c(c6)C(=O)N(C6CCC(=O)NC6=O)C7=O)C5)CC4)cc3)nc2n1C1CCCC1. The van der Waals surface area contributed by atoms with Gasteiger partial charge in [0.2, 0.25) is 17.8 Å². The Kier molecular flexibility index (Phi) is 9.66. The van der Waals surface area contributed by atoms with Crippen molar-refractivity contribution in [2.75, 3.05) is 70.1 Å². The van der Waals surface area contributed by atoms with E-state index in [1.165, 1.54) is 0 Å². The van der Waals surface area contributed by atoms with E-state index in [0.29, 0.717) is 36.2 Å². The molecule has 2 aromatic carbocycles. The van der Waals surface area contributed by atoms with Gasteiger partial charge in [0.15, 0.2) is 0 Å². The molecule has 0 spiro atoms. The lowest BCUT2D eigenvalue weighted by atomic mass is 9.97. The molecule has 4 aromatic rings. The van der Waals surface area contributed by atoms with Crippen molar-refractivity contribution in [1.29, 1.82) is 0 Å². The molecule has 1 atom stereocenters. The van der Waals surface area contributed by atoms with Crippen molar-refractivity contribution in [2.45, 2.75) is 50.6 Å². The van der Waals surface area contributed by atoms with Crippen molar-refractivity contribution in [3.63, 3.8) is 0 Å². The third-order valence-electron chi connectivity index (χ3n) is 12.2. The smallest absolute Gasteiger partial charge is 0.270 e. The highest BCUT2D eigenvalue weighted by molar-refractivity contribution is 6.23. The Morgan fingerprint density at radius 1 is 0.879 bits per heavy atom. The quantitative estimate of drug-likeness (QED) is 0.239. The van der Waals surface area contributed by atoms with E-state index in [4.69, 9.17) is 4.98 Å². The predicted octanol–water partition coefficient (Wildman–Crippen LogP) is 3.29. The van der Waals surface area contributed by atoms with Crippen LogP contribution >= 0.6 is 0 Å². The van der Waals surface area contributed by atoms with Crippen LogP contribution in [0.15, 0.2) is 54.7 Å². The molecule has 58 heavy (non-hydrogen) atoms. The van der Waals surface area contributed by atoms with Gasteiger partial charge in [-0.1, -0.05) is 12.8 Å². The minimum atomic E-state index is -0.985. The molecule has 6 heterocycles. The molecule has 9 rings (SSSR count). The van der Waals surface area contributed by atoms with Gasteiger partial charge in [-0.25, -0.2) is 4.98 Å². The van der Waals surface area contributed by atoms with E-state index in [9.17, 15) is 28.8 Å². The number of hydrogen-bond donors (Lipinski definition) is 2. The summed E-state index contributed by atoms with van der Waals surface area (Å²) in [5.74, 6) is -1.24. The fourth-order valence-electron chi connectivity index (χ4n) is 9.05. The normalized spacial score (nSPS) is 20.4. The molecule has 1 saturated carbocycles. The molecule has 4 fully saturated rings. The highest BCUT2D eigenvalue weighted by Gasteiger charge is 2.45. The number of piperazine rings is 1. The summed E-state index contributed by atoms with van der Waals surface area (Å²) in [6.45, 7) is 5.33. The van der Waals surface area contributed by atoms with Crippen LogP contribution in [0.4, 0.5) is 17.3 Å². The number of aromatic nitrogens is 3. The zero-order valence-corrected chi connectivity index (χ0v) is 32.6. The maximum absolute atomic E-state index is 13.5. The molecule has 1 unspecified atom stereocenters. The molecular formula is C42H46N10O6. The van der Waals surface area contributed by atoms with Crippen molar-refractivity contribution < 1.29 is 28.8 Å². The summed E-state index contributed by atoms with van der Waals surface area (Å²) in [6, 6.07) is 13.7. The number of piperidine rings is 1. The first-order valence-corrected chi connectivity index (χ1v) is 20.1. The Labute approximate surface area is 335 Å². The molecule has 16 heteroatoms. The fraction of sp³-hybridized carbons (Fsp3) is 0.429. The van der Waals surface area contributed by atoms with Crippen LogP contribution in [0.5, 0.6) is 0 Å². The van der Waals surface area contributed by atoms with Crippen LogP contribution < -0.4 is 15.5 Å². The third kappa shape index (κ3) is 6.84. The predicted molar refractivity (Wildman–Crippen MR) is 214 cm³/mol. The Hall–Kier alpha value is -6.16. The summed E-state index contributed by atoms with van der Waals surface area (Å²) in [7, 11) is 3.52. The summed E-state index contributed by atoms with van der Waals surface area (Å²) in [5.41, 5.74) is 4.16. The van der Waals surface area contributed by atoms with Gasteiger partial charge >= 0.3 is 0 Å². The van der Waals surface area contributed by atoms with Gasteiger partial charge in [0.1, 0.15) is 17.4 Å². The summed E-state index contributed by atoms with van der Waals surface area (Å²) in [5, 5.41) is 6.34. The lowest BCUT2D eigenvalue weighted by Gasteiger charge is -2.45. The van der Waals surface area contributed by atoms with Crippen LogP contribution in [0.1, 0.15) is 86.1 Å². The minimum Gasteiger partial charge on any atom is -0.371 e. The van der Waals surface area contributed by atoms with Crippen molar-refractivity contribution in [1.82, 2.24) is 39.5 Å². The molecule has 2 aromatic heterocycles. The number of fused-ring (bicyclic) bond motifs is 2. The van der Waals surface area contributed by atoms with Crippen LogP contribution in [-0.2, 0) is 9.59 Å². The van der Waals surface area contributed by atoms with Gasteiger partial charge in [0.05, 0.1) is 11.1 Å². The average Bonchev–Trinajstić information content (AvgIpc) is 3.93. The first-order chi connectivity index (χ1) is 28.0. The second-order valence-electron chi connectivity index (χ2n) is 16.3. The van der Waals surface area contributed by atoms with Gasteiger partial charge in [-0.2, -0.15) is 4.98 Å². The van der Waals surface area contributed by atoms with Gasteiger partial charge in [0, 0.05) is 107 Å². The van der Waals surface area contributed by atoms with Crippen LogP contribution in [0.25, 0.3) is 11.0 Å². The lowest BCUT2D eigenvalue weighted by molar-refractivity contribution is -0.136. The van der Waals surface area contributed by atoms with E-state index in [-0.39, 0.29) is 41.8 Å². The summed E-state index contributed by atoms with van der Waals surface area (Å²) >= 11 is 0. The van der Waals surface area contributed by atoms with E-state index in [0.717, 1.165) is 85.7 Å². The minimum absolute atomic E-state index is 0.00743. The zero-order valence-electron chi connectivity index (χ0n) is 32.6. The van der Waals surface area contributed by atoms with E-state index in [1.54, 1.807) is 37.3 Å². The number of nitrogens with zero attached hydrogens (tertiary/aromatic N) is 8. The van der Waals surface area contributed by atoms with Crippen LogP contribution in [-0.4, -0.2) is 136 Å². The molecule has 1 aliphatic carbocycles. The molecule has 4 aliphatic heterocycles. The highest BCUT2D eigenvalue weighted by atomic mass is 16.2. The van der Waals surface area contributed by atoms with Crippen LogP contribution in [0.3, 0.4) is 0 Å². The molecule has 6 amide bonds. The number of anilines is 3. The number of carbonyl (C=O) groups is 6. The number of imide groups is 2.